The van der Waals surface area contributed by atoms with Crippen LogP contribution in [0.2, 0.25) is 0 Å². The summed E-state index contributed by atoms with van der Waals surface area (Å²) in [6, 6.07) is 15.4. The predicted molar refractivity (Wildman–Crippen MR) is 102 cm³/mol. The van der Waals surface area contributed by atoms with Crippen molar-refractivity contribution in [3.63, 3.8) is 0 Å². The summed E-state index contributed by atoms with van der Waals surface area (Å²) in [6.07, 6.45) is 1.75. The lowest BCUT2D eigenvalue weighted by atomic mass is 9.94. The fourth-order valence-corrected chi connectivity index (χ4v) is 3.31. The molecule has 3 rings (SSSR count). The van der Waals surface area contributed by atoms with Crippen LogP contribution in [0.15, 0.2) is 53.0 Å². The molecule has 0 spiro atoms. The Morgan fingerprint density at radius 2 is 1.80 bits per heavy atom. The fourth-order valence-electron chi connectivity index (χ4n) is 3.05. The van der Waals surface area contributed by atoms with Gasteiger partial charge in [0, 0.05) is 17.1 Å². The minimum absolute atomic E-state index is 0.0623. The van der Waals surface area contributed by atoms with E-state index < -0.39 is 5.41 Å². The van der Waals surface area contributed by atoms with Gasteiger partial charge in [-0.25, -0.2) is 0 Å². The summed E-state index contributed by atoms with van der Waals surface area (Å²) in [6.45, 7) is 3.44. The van der Waals surface area contributed by atoms with Gasteiger partial charge in [-0.15, -0.1) is 0 Å². The molecule has 2 aromatic rings. The Labute approximate surface area is 156 Å². The molecule has 2 aromatic carbocycles. The molecule has 0 heterocycles. The van der Waals surface area contributed by atoms with Crippen LogP contribution in [0.25, 0.3) is 0 Å². The van der Waals surface area contributed by atoms with E-state index in [-0.39, 0.29) is 17.9 Å². The van der Waals surface area contributed by atoms with Crippen LogP contribution < -0.4 is 10.6 Å². The van der Waals surface area contributed by atoms with E-state index in [1.807, 2.05) is 55.5 Å². The SMILES string of the molecule is CC(=O)Nc1cccc([C@H](C)NC(=O)C2(c3ccc(Br)cc3)CC2)c1. The van der Waals surface area contributed by atoms with Crippen LogP contribution in [0, 0.1) is 0 Å². The largest absolute Gasteiger partial charge is 0.349 e. The van der Waals surface area contributed by atoms with Gasteiger partial charge in [0.1, 0.15) is 0 Å². The van der Waals surface area contributed by atoms with Gasteiger partial charge < -0.3 is 10.6 Å². The summed E-state index contributed by atoms with van der Waals surface area (Å²) in [5.41, 5.74) is 2.36. The first-order valence-electron chi connectivity index (χ1n) is 8.35. The number of rotatable bonds is 5. The smallest absolute Gasteiger partial charge is 0.231 e. The maximum atomic E-state index is 12.9. The molecule has 4 nitrogen and oxygen atoms in total. The van der Waals surface area contributed by atoms with Gasteiger partial charge in [-0.1, -0.05) is 40.2 Å². The molecule has 1 aliphatic carbocycles. The van der Waals surface area contributed by atoms with Gasteiger partial charge in [0.2, 0.25) is 11.8 Å². The highest BCUT2D eigenvalue weighted by Gasteiger charge is 2.51. The molecule has 0 aliphatic heterocycles. The number of anilines is 1. The van der Waals surface area contributed by atoms with Crippen molar-refractivity contribution in [3.8, 4) is 0 Å². The van der Waals surface area contributed by atoms with E-state index in [4.69, 9.17) is 0 Å². The molecular weight excluding hydrogens is 380 g/mol. The van der Waals surface area contributed by atoms with Crippen LogP contribution >= 0.6 is 15.9 Å². The second-order valence-electron chi connectivity index (χ2n) is 6.59. The van der Waals surface area contributed by atoms with Gasteiger partial charge in [-0.2, -0.15) is 0 Å². The maximum absolute atomic E-state index is 12.9. The molecule has 2 N–H and O–H groups in total. The van der Waals surface area contributed by atoms with Gasteiger partial charge >= 0.3 is 0 Å². The van der Waals surface area contributed by atoms with Crippen LogP contribution in [-0.4, -0.2) is 11.8 Å². The van der Waals surface area contributed by atoms with Crippen molar-refractivity contribution in [2.45, 2.75) is 38.1 Å². The summed E-state index contributed by atoms with van der Waals surface area (Å²) >= 11 is 3.43. The Kier molecular flexibility index (Phi) is 4.95. The van der Waals surface area contributed by atoms with Crippen molar-refractivity contribution in [1.29, 1.82) is 0 Å². The molecule has 1 saturated carbocycles. The van der Waals surface area contributed by atoms with Gasteiger partial charge in [-0.05, 0) is 55.2 Å². The molecule has 0 radical (unpaired) electrons. The van der Waals surface area contributed by atoms with Crippen molar-refractivity contribution in [2.24, 2.45) is 0 Å². The Morgan fingerprint density at radius 1 is 1.12 bits per heavy atom. The third-order valence-electron chi connectivity index (χ3n) is 4.64. The predicted octanol–water partition coefficient (Wildman–Crippen LogP) is 4.32. The summed E-state index contributed by atoms with van der Waals surface area (Å²) in [5.74, 6) is -0.0479. The molecule has 5 heteroatoms. The van der Waals surface area contributed by atoms with Crippen LogP contribution in [0.3, 0.4) is 0 Å². The minimum atomic E-state index is -0.399. The van der Waals surface area contributed by atoms with Gasteiger partial charge in [-0.3, -0.25) is 9.59 Å². The van der Waals surface area contributed by atoms with E-state index >= 15 is 0 Å². The minimum Gasteiger partial charge on any atom is -0.349 e. The highest BCUT2D eigenvalue weighted by molar-refractivity contribution is 9.10. The number of carbonyl (C=O) groups excluding carboxylic acids is 2. The zero-order valence-corrected chi connectivity index (χ0v) is 15.9. The van der Waals surface area contributed by atoms with E-state index in [0.717, 1.165) is 34.1 Å². The Bertz CT molecular complexity index is 798. The highest BCUT2D eigenvalue weighted by atomic mass is 79.9. The van der Waals surface area contributed by atoms with E-state index in [0.29, 0.717) is 0 Å². The monoisotopic (exact) mass is 400 g/mol. The number of amides is 2. The molecule has 0 unspecified atom stereocenters. The third kappa shape index (κ3) is 3.93. The number of hydrogen-bond acceptors (Lipinski definition) is 2. The summed E-state index contributed by atoms with van der Waals surface area (Å²) < 4.78 is 1.01. The lowest BCUT2D eigenvalue weighted by Gasteiger charge is -2.21. The standard InChI is InChI=1S/C20H21BrN2O2/c1-13(15-4-3-5-18(12-15)23-14(2)24)22-19(25)20(10-11-20)16-6-8-17(21)9-7-16/h3-9,12-13H,10-11H2,1-2H3,(H,22,25)(H,23,24)/t13-/m0/s1. The molecule has 0 saturated heterocycles. The first kappa shape index (κ1) is 17.7. The van der Waals surface area contributed by atoms with Crippen molar-refractivity contribution >= 4 is 33.4 Å². The van der Waals surface area contributed by atoms with Gasteiger partial charge in [0.05, 0.1) is 11.5 Å². The van der Waals surface area contributed by atoms with Crippen molar-refractivity contribution in [2.75, 3.05) is 5.32 Å². The Morgan fingerprint density at radius 3 is 2.40 bits per heavy atom. The molecule has 0 bridgehead atoms. The Balaban J connectivity index is 1.72. The first-order chi connectivity index (χ1) is 11.9. The molecule has 2 amide bonds. The summed E-state index contributed by atoms with van der Waals surface area (Å²) in [4.78, 5) is 24.1. The van der Waals surface area contributed by atoms with Crippen LogP contribution in [0.1, 0.15) is 43.9 Å². The molecule has 1 aliphatic rings. The van der Waals surface area contributed by atoms with Crippen molar-refractivity contribution in [3.05, 3.63) is 64.1 Å². The fraction of sp³-hybridized carbons (Fsp3) is 0.300. The average molecular weight is 401 g/mol. The highest BCUT2D eigenvalue weighted by Crippen LogP contribution is 2.48. The number of halogens is 1. The zero-order chi connectivity index (χ0) is 18.0. The normalized spacial score (nSPS) is 16.0. The van der Waals surface area contributed by atoms with Gasteiger partial charge in [0.15, 0.2) is 0 Å². The van der Waals surface area contributed by atoms with E-state index in [1.54, 1.807) is 0 Å². The van der Waals surface area contributed by atoms with Crippen LogP contribution in [0.4, 0.5) is 5.69 Å². The number of hydrogen-bond donors (Lipinski definition) is 2. The first-order valence-corrected chi connectivity index (χ1v) is 9.14. The van der Waals surface area contributed by atoms with Gasteiger partial charge in [0.25, 0.3) is 0 Å². The number of nitrogens with one attached hydrogen (secondary N) is 2. The second kappa shape index (κ2) is 7.00. The summed E-state index contributed by atoms with van der Waals surface area (Å²) in [5, 5.41) is 5.90. The Hall–Kier alpha value is -2.14. The molecular formula is C20H21BrN2O2. The van der Waals surface area contributed by atoms with E-state index in [1.165, 1.54) is 6.92 Å². The quantitative estimate of drug-likeness (QED) is 0.784. The molecule has 0 aromatic heterocycles. The molecule has 1 fully saturated rings. The van der Waals surface area contributed by atoms with Crippen molar-refractivity contribution < 1.29 is 9.59 Å². The van der Waals surface area contributed by atoms with Crippen LogP contribution in [-0.2, 0) is 15.0 Å². The summed E-state index contributed by atoms with van der Waals surface area (Å²) in [7, 11) is 0. The molecule has 1 atom stereocenters. The second-order valence-corrected chi connectivity index (χ2v) is 7.51. The maximum Gasteiger partial charge on any atom is 0.231 e. The third-order valence-corrected chi connectivity index (χ3v) is 5.16. The lowest BCUT2D eigenvalue weighted by molar-refractivity contribution is -0.124. The number of benzene rings is 2. The molecule has 25 heavy (non-hydrogen) atoms. The molecule has 130 valence electrons. The topological polar surface area (TPSA) is 58.2 Å². The van der Waals surface area contributed by atoms with Crippen molar-refractivity contribution in [1.82, 2.24) is 5.32 Å². The van der Waals surface area contributed by atoms with E-state index in [9.17, 15) is 9.59 Å². The van der Waals surface area contributed by atoms with Crippen LogP contribution in [0.5, 0.6) is 0 Å². The average Bonchev–Trinajstić information content (AvgIpc) is 3.37. The number of carbonyl (C=O) groups is 2. The zero-order valence-electron chi connectivity index (χ0n) is 14.3. The lowest BCUT2D eigenvalue weighted by Crippen LogP contribution is -2.36. The van der Waals surface area contributed by atoms with E-state index in [2.05, 4.69) is 26.6 Å².